The lowest BCUT2D eigenvalue weighted by Crippen LogP contribution is -2.30. The van der Waals surface area contributed by atoms with Gasteiger partial charge in [-0.25, -0.2) is 14.2 Å². The second kappa shape index (κ2) is 7.51. The van der Waals surface area contributed by atoms with Gasteiger partial charge < -0.3 is 0 Å². The van der Waals surface area contributed by atoms with Crippen LogP contribution in [-0.2, 0) is 0 Å². The molecule has 0 bridgehead atoms. The maximum absolute atomic E-state index is 13.4. The Morgan fingerprint density at radius 2 is 1.72 bits per heavy atom. The lowest BCUT2D eigenvalue weighted by molar-refractivity contribution is -0.0605. The first-order chi connectivity index (χ1) is 11.7. The summed E-state index contributed by atoms with van der Waals surface area (Å²) < 4.78 is 65.7. The maximum atomic E-state index is 13.4. The molecule has 1 aromatic heterocycles. The molecule has 0 fully saturated rings. The Labute approximate surface area is 142 Å². The minimum Gasteiger partial charge on any atom is -0.293 e. The number of alkyl halides is 3. The van der Waals surface area contributed by atoms with E-state index in [0.29, 0.717) is 0 Å². The van der Waals surface area contributed by atoms with E-state index in [9.17, 15) is 31.5 Å². The Kier molecular flexibility index (Phi) is 5.62. The van der Waals surface area contributed by atoms with Crippen LogP contribution in [0.4, 0.5) is 22.0 Å². The molecule has 1 aromatic carbocycles. The summed E-state index contributed by atoms with van der Waals surface area (Å²) in [5.74, 6) is -4.86. The van der Waals surface area contributed by atoms with Crippen molar-refractivity contribution in [2.45, 2.75) is 12.6 Å². The molecule has 0 aliphatic heterocycles. The SMILES string of the molecule is O=C(CC(=NNC(=O)c1c(F)cccc1F)C(F)(F)F)c1cccs1. The van der Waals surface area contributed by atoms with E-state index in [1.165, 1.54) is 22.9 Å². The van der Waals surface area contributed by atoms with E-state index < -0.39 is 47.2 Å². The van der Waals surface area contributed by atoms with Gasteiger partial charge in [-0.3, -0.25) is 9.59 Å². The number of rotatable bonds is 5. The van der Waals surface area contributed by atoms with E-state index in [1.54, 1.807) is 0 Å². The summed E-state index contributed by atoms with van der Waals surface area (Å²) in [5, 5.41) is 4.36. The summed E-state index contributed by atoms with van der Waals surface area (Å²) in [6, 6.07) is 5.37. The van der Waals surface area contributed by atoms with Gasteiger partial charge in [-0.05, 0) is 23.6 Å². The quantitative estimate of drug-likeness (QED) is 0.372. The highest BCUT2D eigenvalue weighted by Gasteiger charge is 2.37. The van der Waals surface area contributed by atoms with Crippen molar-refractivity contribution in [1.82, 2.24) is 5.43 Å². The third kappa shape index (κ3) is 4.69. The van der Waals surface area contributed by atoms with Gasteiger partial charge in [0, 0.05) is 0 Å². The molecule has 10 heteroatoms. The van der Waals surface area contributed by atoms with Gasteiger partial charge in [0.2, 0.25) is 0 Å². The number of hydrazone groups is 1. The first kappa shape index (κ1) is 18.7. The summed E-state index contributed by atoms with van der Waals surface area (Å²) in [6.07, 6.45) is -6.13. The van der Waals surface area contributed by atoms with Crippen LogP contribution >= 0.6 is 11.3 Å². The van der Waals surface area contributed by atoms with E-state index in [0.717, 1.165) is 29.5 Å². The van der Waals surface area contributed by atoms with Crippen molar-refractivity contribution in [3.8, 4) is 0 Å². The zero-order chi connectivity index (χ0) is 18.6. The van der Waals surface area contributed by atoms with Crippen LogP contribution in [0.25, 0.3) is 0 Å². The van der Waals surface area contributed by atoms with Gasteiger partial charge in [0.1, 0.15) is 22.9 Å². The van der Waals surface area contributed by atoms with Gasteiger partial charge in [0.25, 0.3) is 5.91 Å². The zero-order valence-electron chi connectivity index (χ0n) is 12.2. The van der Waals surface area contributed by atoms with E-state index in [-0.39, 0.29) is 4.88 Å². The Morgan fingerprint density at radius 1 is 1.08 bits per heavy atom. The van der Waals surface area contributed by atoms with Gasteiger partial charge in [-0.1, -0.05) is 12.1 Å². The highest BCUT2D eigenvalue weighted by Crippen LogP contribution is 2.22. The standard InChI is InChI=1S/C15H9F5N2O2S/c16-8-3-1-4-9(17)13(8)14(24)22-21-12(15(18,19)20)7-10(23)11-5-2-6-25-11/h1-6H,7H2,(H,22,24). The lowest BCUT2D eigenvalue weighted by Gasteiger charge is -2.10. The zero-order valence-corrected chi connectivity index (χ0v) is 13.0. The molecule has 0 saturated carbocycles. The van der Waals surface area contributed by atoms with Crippen molar-refractivity contribution in [1.29, 1.82) is 0 Å². The fraction of sp³-hybridized carbons (Fsp3) is 0.133. The molecule has 2 rings (SSSR count). The van der Waals surface area contributed by atoms with Gasteiger partial charge in [0.05, 0.1) is 11.3 Å². The van der Waals surface area contributed by atoms with Crippen molar-refractivity contribution in [2.75, 3.05) is 0 Å². The summed E-state index contributed by atoms with van der Waals surface area (Å²) in [7, 11) is 0. The topological polar surface area (TPSA) is 58.5 Å². The number of halogens is 5. The molecule has 0 unspecified atom stereocenters. The highest BCUT2D eigenvalue weighted by molar-refractivity contribution is 7.12. The van der Waals surface area contributed by atoms with Crippen LogP contribution in [0.2, 0.25) is 0 Å². The Balaban J connectivity index is 2.21. The molecular formula is C15H9F5N2O2S. The van der Waals surface area contributed by atoms with E-state index in [1.807, 2.05) is 0 Å². The predicted octanol–water partition coefficient (Wildman–Crippen LogP) is 3.95. The Morgan fingerprint density at radius 3 is 2.24 bits per heavy atom. The number of benzene rings is 1. The van der Waals surface area contributed by atoms with Gasteiger partial charge in [0.15, 0.2) is 5.78 Å². The molecule has 132 valence electrons. The molecule has 25 heavy (non-hydrogen) atoms. The van der Waals surface area contributed by atoms with Crippen LogP contribution in [0, 0.1) is 11.6 Å². The predicted molar refractivity (Wildman–Crippen MR) is 80.6 cm³/mol. The Hall–Kier alpha value is -2.62. The van der Waals surface area contributed by atoms with Crippen LogP contribution in [0.5, 0.6) is 0 Å². The van der Waals surface area contributed by atoms with Crippen LogP contribution in [-0.4, -0.2) is 23.6 Å². The van der Waals surface area contributed by atoms with Crippen molar-refractivity contribution < 1.29 is 31.5 Å². The Bertz CT molecular complexity index is 796. The molecule has 4 nitrogen and oxygen atoms in total. The molecule has 2 aromatic rings. The smallest absolute Gasteiger partial charge is 0.293 e. The van der Waals surface area contributed by atoms with E-state index in [2.05, 4.69) is 5.10 Å². The van der Waals surface area contributed by atoms with Crippen LogP contribution < -0.4 is 5.43 Å². The van der Waals surface area contributed by atoms with Crippen molar-refractivity contribution in [2.24, 2.45) is 5.10 Å². The average Bonchev–Trinajstić information content (AvgIpc) is 3.04. The second-order valence-electron chi connectivity index (χ2n) is 4.67. The summed E-state index contributed by atoms with van der Waals surface area (Å²) in [6.45, 7) is 0. The summed E-state index contributed by atoms with van der Waals surface area (Å²) >= 11 is 0.950. The summed E-state index contributed by atoms with van der Waals surface area (Å²) in [4.78, 5) is 23.6. The molecule has 0 saturated heterocycles. The second-order valence-corrected chi connectivity index (χ2v) is 5.62. The fourth-order valence-corrected chi connectivity index (χ4v) is 2.43. The molecule has 1 heterocycles. The number of nitrogens with one attached hydrogen (secondary N) is 1. The van der Waals surface area contributed by atoms with Crippen LogP contribution in [0.3, 0.4) is 0 Å². The highest BCUT2D eigenvalue weighted by atomic mass is 32.1. The summed E-state index contributed by atoms with van der Waals surface area (Å²) in [5.41, 5.74) is -1.22. The molecule has 1 N–H and O–H groups in total. The van der Waals surface area contributed by atoms with Crippen LogP contribution in [0.15, 0.2) is 40.8 Å². The monoisotopic (exact) mass is 376 g/mol. The minimum atomic E-state index is -5.01. The number of hydrogen-bond acceptors (Lipinski definition) is 4. The third-order valence-electron chi connectivity index (χ3n) is 2.93. The molecule has 0 aliphatic carbocycles. The molecule has 1 amide bonds. The number of Topliss-reactive ketones (excluding diaryl/α,β-unsaturated/α-hetero) is 1. The van der Waals surface area contributed by atoms with E-state index >= 15 is 0 Å². The maximum Gasteiger partial charge on any atom is 0.431 e. The van der Waals surface area contributed by atoms with E-state index in [4.69, 9.17) is 0 Å². The number of nitrogens with zero attached hydrogens (tertiary/aromatic N) is 1. The molecule has 0 aliphatic rings. The van der Waals surface area contributed by atoms with Crippen molar-refractivity contribution >= 4 is 28.7 Å². The van der Waals surface area contributed by atoms with Gasteiger partial charge in [-0.2, -0.15) is 18.3 Å². The minimum absolute atomic E-state index is 0.0865. The normalized spacial score (nSPS) is 12.1. The molecule has 0 spiro atoms. The largest absolute Gasteiger partial charge is 0.431 e. The lowest BCUT2D eigenvalue weighted by atomic mass is 10.1. The number of carbonyl (C=O) groups is 2. The third-order valence-corrected chi connectivity index (χ3v) is 3.84. The van der Waals surface area contributed by atoms with Gasteiger partial charge in [-0.15, -0.1) is 11.3 Å². The number of amides is 1. The average molecular weight is 376 g/mol. The number of carbonyl (C=O) groups excluding carboxylic acids is 2. The number of ketones is 1. The molecule has 0 atom stereocenters. The van der Waals surface area contributed by atoms with Gasteiger partial charge >= 0.3 is 6.18 Å². The van der Waals surface area contributed by atoms with Crippen LogP contribution in [0.1, 0.15) is 26.5 Å². The fourth-order valence-electron chi connectivity index (χ4n) is 1.77. The number of hydrogen-bond donors (Lipinski definition) is 1. The first-order valence-electron chi connectivity index (χ1n) is 6.65. The van der Waals surface area contributed by atoms with Crippen molar-refractivity contribution in [3.05, 3.63) is 57.8 Å². The number of thiophene rings is 1. The van der Waals surface area contributed by atoms with Crippen molar-refractivity contribution in [3.63, 3.8) is 0 Å². The first-order valence-corrected chi connectivity index (χ1v) is 7.53. The molecule has 0 radical (unpaired) electrons. The molecular weight excluding hydrogens is 367 g/mol.